The van der Waals surface area contributed by atoms with Gasteiger partial charge in [-0.25, -0.2) is 0 Å². The summed E-state index contributed by atoms with van der Waals surface area (Å²) >= 11 is 1.35. The first-order valence-corrected chi connectivity index (χ1v) is 9.94. The first-order chi connectivity index (χ1) is 13.5. The van der Waals surface area contributed by atoms with Crippen LogP contribution in [0.4, 0.5) is 5.69 Å². The molecule has 0 aliphatic heterocycles. The van der Waals surface area contributed by atoms with E-state index >= 15 is 0 Å². The second-order valence-corrected chi connectivity index (χ2v) is 7.44. The molecule has 1 aromatic carbocycles. The summed E-state index contributed by atoms with van der Waals surface area (Å²) in [5.74, 6) is 1.64. The Morgan fingerprint density at radius 2 is 2.07 bits per heavy atom. The van der Waals surface area contributed by atoms with E-state index in [4.69, 9.17) is 9.15 Å². The molecule has 0 atom stereocenters. The summed E-state index contributed by atoms with van der Waals surface area (Å²) in [5.41, 5.74) is 3.86. The van der Waals surface area contributed by atoms with E-state index in [1.54, 1.807) is 13.4 Å². The summed E-state index contributed by atoms with van der Waals surface area (Å²) in [6.07, 6.45) is 1.63. The van der Waals surface area contributed by atoms with Gasteiger partial charge in [-0.05, 0) is 44.0 Å². The zero-order valence-corrected chi connectivity index (χ0v) is 17.3. The van der Waals surface area contributed by atoms with E-state index in [2.05, 4.69) is 15.5 Å². The molecule has 0 radical (unpaired) electrons. The van der Waals surface area contributed by atoms with Crippen LogP contribution in [0.2, 0.25) is 0 Å². The molecule has 0 spiro atoms. The predicted molar refractivity (Wildman–Crippen MR) is 110 cm³/mol. The number of hydrogen-bond acceptors (Lipinski definition) is 6. The summed E-state index contributed by atoms with van der Waals surface area (Å²) in [7, 11) is 1.65. The van der Waals surface area contributed by atoms with E-state index in [-0.39, 0.29) is 11.7 Å². The van der Waals surface area contributed by atoms with Crippen molar-refractivity contribution in [3.8, 4) is 11.4 Å². The van der Waals surface area contributed by atoms with Gasteiger partial charge in [-0.3, -0.25) is 9.36 Å². The number of hydrogen-bond donors (Lipinski definition) is 1. The van der Waals surface area contributed by atoms with Crippen LogP contribution in [-0.2, 0) is 16.1 Å². The molecule has 8 heteroatoms. The standard InChI is InChI=1S/C20H24N4O3S/c1-13-5-6-14(2)17(11-13)21-18(25)12-28-20-23-22-19(24(20)8-10-26-4)16-7-9-27-15(16)3/h5-7,9,11H,8,10,12H2,1-4H3,(H,21,25). The van der Waals surface area contributed by atoms with Crippen molar-refractivity contribution in [2.45, 2.75) is 32.5 Å². The van der Waals surface area contributed by atoms with Crippen LogP contribution in [0.5, 0.6) is 0 Å². The van der Waals surface area contributed by atoms with Gasteiger partial charge in [-0.2, -0.15) is 0 Å². The monoisotopic (exact) mass is 400 g/mol. The van der Waals surface area contributed by atoms with E-state index in [0.29, 0.717) is 24.1 Å². The average molecular weight is 401 g/mol. The van der Waals surface area contributed by atoms with Gasteiger partial charge in [0.15, 0.2) is 11.0 Å². The Kier molecular flexibility index (Phi) is 6.53. The van der Waals surface area contributed by atoms with Crippen molar-refractivity contribution in [3.63, 3.8) is 0 Å². The van der Waals surface area contributed by atoms with Gasteiger partial charge in [-0.1, -0.05) is 23.9 Å². The maximum Gasteiger partial charge on any atom is 0.234 e. The summed E-state index contributed by atoms with van der Waals surface area (Å²) in [5, 5.41) is 12.2. The third kappa shape index (κ3) is 4.63. The topological polar surface area (TPSA) is 82.2 Å². The van der Waals surface area contributed by atoms with Gasteiger partial charge in [-0.15, -0.1) is 10.2 Å². The first-order valence-electron chi connectivity index (χ1n) is 8.96. The molecule has 0 saturated carbocycles. The molecule has 0 aliphatic carbocycles. The molecule has 3 rings (SSSR count). The Labute approximate surface area is 168 Å². The number of methoxy groups -OCH3 is 1. The zero-order chi connectivity index (χ0) is 20.1. The van der Waals surface area contributed by atoms with Crippen molar-refractivity contribution < 1.29 is 13.9 Å². The maximum absolute atomic E-state index is 12.4. The zero-order valence-electron chi connectivity index (χ0n) is 16.5. The summed E-state index contributed by atoms with van der Waals surface area (Å²) < 4.78 is 12.6. The highest BCUT2D eigenvalue weighted by molar-refractivity contribution is 7.99. The summed E-state index contributed by atoms with van der Waals surface area (Å²) in [6, 6.07) is 7.86. The van der Waals surface area contributed by atoms with Gasteiger partial charge in [0, 0.05) is 12.8 Å². The molecule has 0 bridgehead atoms. The molecule has 0 saturated heterocycles. The smallest absolute Gasteiger partial charge is 0.234 e. The molecule has 2 heterocycles. The Balaban J connectivity index is 1.73. The lowest BCUT2D eigenvalue weighted by atomic mass is 10.1. The molecule has 2 aromatic heterocycles. The fraction of sp³-hybridized carbons (Fsp3) is 0.350. The van der Waals surface area contributed by atoms with Gasteiger partial charge in [0.2, 0.25) is 5.91 Å². The van der Waals surface area contributed by atoms with Gasteiger partial charge in [0.1, 0.15) is 5.76 Å². The van der Waals surface area contributed by atoms with E-state index in [9.17, 15) is 4.79 Å². The molecule has 7 nitrogen and oxygen atoms in total. The van der Waals surface area contributed by atoms with Crippen LogP contribution in [0.25, 0.3) is 11.4 Å². The lowest BCUT2D eigenvalue weighted by molar-refractivity contribution is -0.113. The number of benzene rings is 1. The van der Waals surface area contributed by atoms with Crippen LogP contribution < -0.4 is 5.32 Å². The molecule has 1 N–H and O–H groups in total. The van der Waals surface area contributed by atoms with Crippen LogP contribution in [0.3, 0.4) is 0 Å². The second-order valence-electron chi connectivity index (χ2n) is 6.50. The number of amides is 1. The average Bonchev–Trinajstić information content (AvgIpc) is 3.26. The molecule has 0 unspecified atom stereocenters. The molecule has 1 amide bonds. The number of thioether (sulfide) groups is 1. The normalized spacial score (nSPS) is 11.0. The highest BCUT2D eigenvalue weighted by atomic mass is 32.2. The summed E-state index contributed by atoms with van der Waals surface area (Å²) in [6.45, 7) is 6.97. The van der Waals surface area contributed by atoms with Crippen molar-refractivity contribution >= 4 is 23.4 Å². The summed E-state index contributed by atoms with van der Waals surface area (Å²) in [4.78, 5) is 12.4. The van der Waals surface area contributed by atoms with E-state index < -0.39 is 0 Å². The van der Waals surface area contributed by atoms with Gasteiger partial charge < -0.3 is 14.5 Å². The number of rotatable bonds is 8. The largest absolute Gasteiger partial charge is 0.469 e. The fourth-order valence-electron chi connectivity index (χ4n) is 2.78. The Hall–Kier alpha value is -2.58. The van der Waals surface area contributed by atoms with E-state index in [1.165, 1.54) is 11.8 Å². The van der Waals surface area contributed by atoms with Crippen LogP contribution in [0.15, 0.2) is 40.1 Å². The van der Waals surface area contributed by atoms with Crippen molar-refractivity contribution in [1.29, 1.82) is 0 Å². The number of aryl methyl sites for hydroxylation is 3. The Morgan fingerprint density at radius 1 is 1.25 bits per heavy atom. The Morgan fingerprint density at radius 3 is 2.79 bits per heavy atom. The number of anilines is 1. The second kappa shape index (κ2) is 9.07. The predicted octanol–water partition coefficient (Wildman–Crippen LogP) is 3.84. The minimum absolute atomic E-state index is 0.0824. The molecule has 0 fully saturated rings. The van der Waals surface area contributed by atoms with Gasteiger partial charge >= 0.3 is 0 Å². The molecule has 0 aliphatic rings. The number of aromatic nitrogens is 3. The minimum atomic E-state index is -0.0824. The molecule has 28 heavy (non-hydrogen) atoms. The SMILES string of the molecule is COCCn1c(SCC(=O)Nc2cc(C)ccc2C)nnc1-c1ccoc1C. The number of nitrogens with zero attached hydrogens (tertiary/aromatic N) is 3. The number of carbonyl (C=O) groups is 1. The number of nitrogens with one attached hydrogen (secondary N) is 1. The van der Waals surface area contributed by atoms with E-state index in [0.717, 1.165) is 28.1 Å². The quantitative estimate of drug-likeness (QED) is 0.579. The minimum Gasteiger partial charge on any atom is -0.469 e. The van der Waals surface area contributed by atoms with Gasteiger partial charge in [0.05, 0.1) is 30.7 Å². The Bertz CT molecular complexity index is 964. The molecular weight excluding hydrogens is 376 g/mol. The lowest BCUT2D eigenvalue weighted by Crippen LogP contribution is -2.16. The highest BCUT2D eigenvalue weighted by Crippen LogP contribution is 2.27. The van der Waals surface area contributed by atoms with E-state index in [1.807, 2.05) is 49.6 Å². The number of ether oxygens (including phenoxy) is 1. The lowest BCUT2D eigenvalue weighted by Gasteiger charge is -2.11. The van der Waals surface area contributed by atoms with Crippen molar-refractivity contribution in [1.82, 2.24) is 14.8 Å². The third-order valence-electron chi connectivity index (χ3n) is 4.34. The molecule has 3 aromatic rings. The molecule has 148 valence electrons. The third-order valence-corrected chi connectivity index (χ3v) is 5.30. The fourth-order valence-corrected chi connectivity index (χ4v) is 3.55. The van der Waals surface area contributed by atoms with Crippen LogP contribution >= 0.6 is 11.8 Å². The molecular formula is C20H24N4O3S. The number of carbonyl (C=O) groups excluding carboxylic acids is 1. The maximum atomic E-state index is 12.4. The highest BCUT2D eigenvalue weighted by Gasteiger charge is 2.18. The van der Waals surface area contributed by atoms with Crippen LogP contribution in [0, 0.1) is 20.8 Å². The van der Waals surface area contributed by atoms with Crippen LogP contribution in [0.1, 0.15) is 16.9 Å². The van der Waals surface area contributed by atoms with Gasteiger partial charge in [0.25, 0.3) is 0 Å². The number of furan rings is 1. The van der Waals surface area contributed by atoms with Crippen LogP contribution in [-0.4, -0.2) is 40.1 Å². The first kappa shape index (κ1) is 20.2. The van der Waals surface area contributed by atoms with Crippen molar-refractivity contribution in [2.75, 3.05) is 24.8 Å². The van der Waals surface area contributed by atoms with Crippen molar-refractivity contribution in [2.24, 2.45) is 0 Å². The van der Waals surface area contributed by atoms with Crippen molar-refractivity contribution in [3.05, 3.63) is 47.4 Å².